The molecule has 19 heavy (non-hydrogen) atoms. The maximum absolute atomic E-state index is 12.0. The SMILES string of the molecule is CN(Cc1cscn1)C(=O)CCc1cccc(N)c1. The highest BCUT2D eigenvalue weighted by atomic mass is 32.1. The largest absolute Gasteiger partial charge is 0.399 e. The molecule has 0 spiro atoms. The van der Waals surface area contributed by atoms with Gasteiger partial charge < -0.3 is 10.6 Å². The fraction of sp³-hybridized carbons (Fsp3) is 0.286. The van der Waals surface area contributed by atoms with E-state index in [2.05, 4.69) is 4.98 Å². The van der Waals surface area contributed by atoms with Crippen molar-refractivity contribution in [2.24, 2.45) is 0 Å². The fourth-order valence-corrected chi connectivity index (χ4v) is 2.39. The van der Waals surface area contributed by atoms with E-state index in [0.29, 0.717) is 19.4 Å². The van der Waals surface area contributed by atoms with E-state index in [0.717, 1.165) is 16.9 Å². The molecule has 2 N–H and O–H groups in total. The van der Waals surface area contributed by atoms with Crippen molar-refractivity contribution in [3.05, 3.63) is 46.4 Å². The molecule has 2 rings (SSSR count). The van der Waals surface area contributed by atoms with E-state index in [9.17, 15) is 4.79 Å². The lowest BCUT2D eigenvalue weighted by Gasteiger charge is -2.15. The summed E-state index contributed by atoms with van der Waals surface area (Å²) in [7, 11) is 1.81. The molecule has 4 nitrogen and oxygen atoms in total. The van der Waals surface area contributed by atoms with Gasteiger partial charge in [-0.3, -0.25) is 4.79 Å². The van der Waals surface area contributed by atoms with Crippen LogP contribution in [0.5, 0.6) is 0 Å². The second-order valence-electron chi connectivity index (χ2n) is 4.47. The molecular formula is C14H17N3OS. The van der Waals surface area contributed by atoms with Crippen LogP contribution in [-0.4, -0.2) is 22.8 Å². The third-order valence-corrected chi connectivity index (χ3v) is 3.52. The standard InChI is InChI=1S/C14H17N3OS/c1-17(8-13-9-19-10-16-13)14(18)6-5-11-3-2-4-12(15)7-11/h2-4,7,9-10H,5-6,8,15H2,1H3. The number of rotatable bonds is 5. The van der Waals surface area contributed by atoms with Gasteiger partial charge in [-0.15, -0.1) is 11.3 Å². The Bertz CT molecular complexity index is 539. The zero-order chi connectivity index (χ0) is 13.7. The molecule has 0 saturated heterocycles. The number of thiazole rings is 1. The van der Waals surface area contributed by atoms with Crippen molar-refractivity contribution in [1.82, 2.24) is 9.88 Å². The number of aryl methyl sites for hydroxylation is 1. The van der Waals surface area contributed by atoms with Crippen LogP contribution in [0.2, 0.25) is 0 Å². The Morgan fingerprint density at radius 2 is 2.32 bits per heavy atom. The summed E-state index contributed by atoms with van der Waals surface area (Å²) < 4.78 is 0. The number of aromatic nitrogens is 1. The second-order valence-corrected chi connectivity index (χ2v) is 5.19. The predicted molar refractivity (Wildman–Crippen MR) is 77.8 cm³/mol. The lowest BCUT2D eigenvalue weighted by atomic mass is 10.1. The number of nitrogen functional groups attached to an aromatic ring is 1. The molecule has 1 amide bonds. The maximum Gasteiger partial charge on any atom is 0.222 e. The van der Waals surface area contributed by atoms with Gasteiger partial charge in [-0.2, -0.15) is 0 Å². The van der Waals surface area contributed by atoms with Crippen LogP contribution in [-0.2, 0) is 17.8 Å². The van der Waals surface area contributed by atoms with Gasteiger partial charge in [0.05, 0.1) is 17.7 Å². The van der Waals surface area contributed by atoms with E-state index in [1.165, 1.54) is 0 Å². The zero-order valence-corrected chi connectivity index (χ0v) is 11.7. The number of benzene rings is 1. The monoisotopic (exact) mass is 275 g/mol. The van der Waals surface area contributed by atoms with Crippen LogP contribution >= 0.6 is 11.3 Å². The van der Waals surface area contributed by atoms with Gasteiger partial charge in [-0.05, 0) is 24.1 Å². The number of amides is 1. The first-order chi connectivity index (χ1) is 9.15. The van der Waals surface area contributed by atoms with Crippen LogP contribution in [0.3, 0.4) is 0 Å². The summed E-state index contributed by atoms with van der Waals surface area (Å²) in [5, 5.41) is 1.96. The Balaban J connectivity index is 1.84. The Morgan fingerprint density at radius 1 is 1.47 bits per heavy atom. The van der Waals surface area contributed by atoms with Crippen molar-refractivity contribution in [2.75, 3.05) is 12.8 Å². The molecule has 0 radical (unpaired) electrons. The molecule has 0 fully saturated rings. The summed E-state index contributed by atoms with van der Waals surface area (Å²) in [6.45, 7) is 0.569. The summed E-state index contributed by atoms with van der Waals surface area (Å²) in [5.41, 5.74) is 10.3. The maximum atomic E-state index is 12.0. The van der Waals surface area contributed by atoms with Crippen LogP contribution in [0.4, 0.5) is 5.69 Å². The van der Waals surface area contributed by atoms with E-state index in [1.54, 1.807) is 28.8 Å². The molecular weight excluding hydrogens is 258 g/mol. The van der Waals surface area contributed by atoms with Gasteiger partial charge >= 0.3 is 0 Å². The first-order valence-corrected chi connectivity index (χ1v) is 7.05. The number of hydrogen-bond donors (Lipinski definition) is 1. The summed E-state index contributed by atoms with van der Waals surface area (Å²) in [4.78, 5) is 17.9. The topological polar surface area (TPSA) is 59.2 Å². The van der Waals surface area contributed by atoms with Crippen molar-refractivity contribution in [3.63, 3.8) is 0 Å². The van der Waals surface area contributed by atoms with Crippen LogP contribution in [0, 0.1) is 0 Å². The Morgan fingerprint density at radius 3 is 3.00 bits per heavy atom. The van der Waals surface area contributed by atoms with Crippen molar-refractivity contribution < 1.29 is 4.79 Å². The number of nitrogens with zero attached hydrogens (tertiary/aromatic N) is 2. The molecule has 0 bridgehead atoms. The summed E-state index contributed by atoms with van der Waals surface area (Å²) in [5.74, 6) is 0.121. The Hall–Kier alpha value is -1.88. The molecule has 5 heteroatoms. The first-order valence-electron chi connectivity index (χ1n) is 6.10. The average molecular weight is 275 g/mol. The molecule has 0 atom stereocenters. The van der Waals surface area contributed by atoms with Gasteiger partial charge in [0.25, 0.3) is 0 Å². The van der Waals surface area contributed by atoms with E-state index < -0.39 is 0 Å². The number of carbonyl (C=O) groups is 1. The third kappa shape index (κ3) is 4.06. The van der Waals surface area contributed by atoms with E-state index in [-0.39, 0.29) is 5.91 Å². The van der Waals surface area contributed by atoms with Crippen molar-refractivity contribution in [2.45, 2.75) is 19.4 Å². The molecule has 2 aromatic rings. The van der Waals surface area contributed by atoms with Crippen LogP contribution in [0.25, 0.3) is 0 Å². The number of nitrogens with two attached hydrogens (primary N) is 1. The van der Waals surface area contributed by atoms with E-state index >= 15 is 0 Å². The Labute approximate surface area is 116 Å². The number of anilines is 1. The minimum absolute atomic E-state index is 0.121. The molecule has 1 aromatic heterocycles. The van der Waals surface area contributed by atoms with E-state index in [1.807, 2.05) is 29.6 Å². The smallest absolute Gasteiger partial charge is 0.222 e. The van der Waals surface area contributed by atoms with Gasteiger partial charge in [-0.1, -0.05) is 12.1 Å². The van der Waals surface area contributed by atoms with Gasteiger partial charge in [-0.25, -0.2) is 4.98 Å². The molecule has 0 unspecified atom stereocenters. The molecule has 100 valence electrons. The zero-order valence-electron chi connectivity index (χ0n) is 10.9. The fourth-order valence-electron chi connectivity index (χ4n) is 1.84. The molecule has 0 aliphatic heterocycles. The van der Waals surface area contributed by atoms with Crippen LogP contribution < -0.4 is 5.73 Å². The average Bonchev–Trinajstić information content (AvgIpc) is 2.89. The minimum atomic E-state index is 0.121. The summed E-state index contributed by atoms with van der Waals surface area (Å²) in [6, 6.07) is 7.66. The highest BCUT2D eigenvalue weighted by Gasteiger charge is 2.10. The van der Waals surface area contributed by atoms with Crippen molar-refractivity contribution in [3.8, 4) is 0 Å². The molecule has 1 heterocycles. The predicted octanol–water partition coefficient (Wildman–Crippen LogP) is 2.32. The third-order valence-electron chi connectivity index (χ3n) is 2.89. The van der Waals surface area contributed by atoms with Crippen LogP contribution in [0.15, 0.2) is 35.2 Å². The number of hydrogen-bond acceptors (Lipinski definition) is 4. The normalized spacial score (nSPS) is 10.4. The molecule has 1 aromatic carbocycles. The highest BCUT2D eigenvalue weighted by molar-refractivity contribution is 7.07. The molecule has 0 aliphatic carbocycles. The molecule has 0 saturated carbocycles. The number of carbonyl (C=O) groups excluding carboxylic acids is 1. The van der Waals surface area contributed by atoms with Gasteiger partial charge in [0.15, 0.2) is 0 Å². The lowest BCUT2D eigenvalue weighted by Crippen LogP contribution is -2.26. The van der Waals surface area contributed by atoms with Crippen molar-refractivity contribution >= 4 is 22.9 Å². The van der Waals surface area contributed by atoms with Crippen molar-refractivity contribution in [1.29, 1.82) is 0 Å². The van der Waals surface area contributed by atoms with Gasteiger partial charge in [0.2, 0.25) is 5.91 Å². The first kappa shape index (κ1) is 13.5. The summed E-state index contributed by atoms with van der Waals surface area (Å²) >= 11 is 1.54. The Kier molecular flexibility index (Phi) is 4.52. The summed E-state index contributed by atoms with van der Waals surface area (Å²) in [6.07, 6.45) is 1.20. The minimum Gasteiger partial charge on any atom is -0.399 e. The van der Waals surface area contributed by atoms with Gasteiger partial charge in [0, 0.05) is 24.5 Å². The highest BCUT2D eigenvalue weighted by Crippen LogP contribution is 2.10. The second kappa shape index (κ2) is 6.33. The van der Waals surface area contributed by atoms with E-state index in [4.69, 9.17) is 5.73 Å². The van der Waals surface area contributed by atoms with Crippen LogP contribution in [0.1, 0.15) is 17.7 Å². The quantitative estimate of drug-likeness (QED) is 0.852. The lowest BCUT2D eigenvalue weighted by molar-refractivity contribution is -0.130. The molecule has 0 aliphatic rings. The van der Waals surface area contributed by atoms with Gasteiger partial charge in [0.1, 0.15) is 0 Å².